The van der Waals surface area contributed by atoms with Gasteiger partial charge in [0, 0.05) is 23.1 Å². The standard InChI is InChI=1S/C24H23N3O3/c1-2-30-22-15-8-18(9-16-22)10-17-23(28)25-20-11-13-21(14-12-20)27-24(29)26-19-6-4-3-5-7-19/h3-17H,2H2,1H3,(H,25,28)(H2,26,27,29)/b17-10+. The third-order valence-corrected chi connectivity index (χ3v) is 4.06. The fourth-order valence-corrected chi connectivity index (χ4v) is 2.65. The Morgan fingerprint density at radius 1 is 0.767 bits per heavy atom. The second kappa shape index (κ2) is 10.5. The van der Waals surface area contributed by atoms with Crippen LogP contribution in [0.4, 0.5) is 21.9 Å². The first-order valence-corrected chi connectivity index (χ1v) is 9.57. The largest absolute Gasteiger partial charge is 0.494 e. The van der Waals surface area contributed by atoms with Crippen LogP contribution in [0.2, 0.25) is 0 Å². The third-order valence-electron chi connectivity index (χ3n) is 4.06. The van der Waals surface area contributed by atoms with E-state index in [1.165, 1.54) is 6.08 Å². The number of para-hydroxylation sites is 1. The molecule has 0 aliphatic rings. The van der Waals surface area contributed by atoms with Gasteiger partial charge in [-0.2, -0.15) is 0 Å². The van der Waals surface area contributed by atoms with E-state index in [1.54, 1.807) is 42.5 Å². The SMILES string of the molecule is CCOc1ccc(/C=C/C(=O)Nc2ccc(NC(=O)Nc3ccccc3)cc2)cc1. The molecule has 3 amide bonds. The quantitative estimate of drug-likeness (QED) is 0.465. The van der Waals surface area contributed by atoms with E-state index in [2.05, 4.69) is 16.0 Å². The molecule has 0 unspecified atom stereocenters. The molecule has 0 heterocycles. The number of nitrogens with one attached hydrogen (secondary N) is 3. The van der Waals surface area contributed by atoms with E-state index >= 15 is 0 Å². The van der Waals surface area contributed by atoms with Gasteiger partial charge in [-0.15, -0.1) is 0 Å². The highest BCUT2D eigenvalue weighted by Crippen LogP contribution is 2.15. The van der Waals surface area contributed by atoms with E-state index < -0.39 is 0 Å². The van der Waals surface area contributed by atoms with Gasteiger partial charge in [0.2, 0.25) is 5.91 Å². The zero-order chi connectivity index (χ0) is 21.2. The molecule has 0 atom stereocenters. The Morgan fingerprint density at radius 3 is 1.93 bits per heavy atom. The van der Waals surface area contributed by atoms with Crippen LogP contribution in [0.25, 0.3) is 6.08 Å². The maximum atomic E-state index is 12.1. The molecule has 3 aromatic rings. The Balaban J connectivity index is 1.49. The summed E-state index contributed by atoms with van der Waals surface area (Å²) in [7, 11) is 0. The van der Waals surface area contributed by atoms with Crippen LogP contribution in [0.15, 0.2) is 84.9 Å². The monoisotopic (exact) mass is 401 g/mol. The van der Waals surface area contributed by atoms with Crippen LogP contribution in [0.3, 0.4) is 0 Å². The van der Waals surface area contributed by atoms with Crippen LogP contribution in [0.5, 0.6) is 5.75 Å². The van der Waals surface area contributed by atoms with Crippen LogP contribution in [-0.4, -0.2) is 18.5 Å². The van der Waals surface area contributed by atoms with Gasteiger partial charge in [-0.1, -0.05) is 30.3 Å². The minimum atomic E-state index is -0.337. The average molecular weight is 401 g/mol. The molecule has 0 saturated heterocycles. The molecule has 0 bridgehead atoms. The molecule has 0 saturated carbocycles. The number of benzene rings is 3. The Bertz CT molecular complexity index is 998. The number of hydrogen-bond acceptors (Lipinski definition) is 3. The van der Waals surface area contributed by atoms with Crippen molar-refractivity contribution in [2.45, 2.75) is 6.92 Å². The predicted octanol–water partition coefficient (Wildman–Crippen LogP) is 5.38. The Kier molecular flexibility index (Phi) is 7.22. The Labute approximate surface area is 175 Å². The normalized spacial score (nSPS) is 10.4. The van der Waals surface area contributed by atoms with Gasteiger partial charge in [0.05, 0.1) is 6.61 Å². The van der Waals surface area contributed by atoms with E-state index in [4.69, 9.17) is 4.74 Å². The van der Waals surface area contributed by atoms with E-state index in [-0.39, 0.29) is 11.9 Å². The summed E-state index contributed by atoms with van der Waals surface area (Å²) in [5.41, 5.74) is 2.85. The summed E-state index contributed by atoms with van der Waals surface area (Å²) in [5, 5.41) is 8.27. The van der Waals surface area contributed by atoms with Crippen LogP contribution in [-0.2, 0) is 4.79 Å². The van der Waals surface area contributed by atoms with Gasteiger partial charge in [-0.05, 0) is 67.1 Å². The number of hydrogen-bond donors (Lipinski definition) is 3. The molecular weight excluding hydrogens is 378 g/mol. The lowest BCUT2D eigenvalue weighted by Crippen LogP contribution is -2.19. The van der Waals surface area contributed by atoms with Gasteiger partial charge in [0.25, 0.3) is 0 Å². The van der Waals surface area contributed by atoms with Crippen molar-refractivity contribution in [2.24, 2.45) is 0 Å². The van der Waals surface area contributed by atoms with Crippen molar-refractivity contribution in [1.82, 2.24) is 0 Å². The van der Waals surface area contributed by atoms with Crippen LogP contribution >= 0.6 is 0 Å². The zero-order valence-electron chi connectivity index (χ0n) is 16.6. The van der Waals surface area contributed by atoms with E-state index in [0.717, 1.165) is 11.3 Å². The minimum Gasteiger partial charge on any atom is -0.494 e. The maximum absolute atomic E-state index is 12.1. The first-order valence-electron chi connectivity index (χ1n) is 9.57. The number of carbonyl (C=O) groups excluding carboxylic acids is 2. The van der Waals surface area contributed by atoms with Crippen molar-refractivity contribution < 1.29 is 14.3 Å². The van der Waals surface area contributed by atoms with Crippen molar-refractivity contribution in [3.63, 3.8) is 0 Å². The molecule has 6 heteroatoms. The predicted molar refractivity (Wildman–Crippen MR) is 121 cm³/mol. The van der Waals surface area contributed by atoms with Gasteiger partial charge in [-0.25, -0.2) is 4.79 Å². The molecule has 0 spiro atoms. The van der Waals surface area contributed by atoms with Crippen LogP contribution in [0, 0.1) is 0 Å². The van der Waals surface area contributed by atoms with Crippen LogP contribution < -0.4 is 20.7 Å². The van der Waals surface area contributed by atoms with E-state index in [0.29, 0.717) is 23.7 Å². The van der Waals surface area contributed by atoms with Gasteiger partial charge >= 0.3 is 6.03 Å². The number of urea groups is 1. The molecule has 152 valence electrons. The summed E-state index contributed by atoms with van der Waals surface area (Å²) in [6.07, 6.45) is 3.20. The average Bonchev–Trinajstić information content (AvgIpc) is 2.75. The van der Waals surface area contributed by atoms with Crippen molar-refractivity contribution in [3.8, 4) is 5.75 Å². The Morgan fingerprint density at radius 2 is 1.33 bits per heavy atom. The smallest absolute Gasteiger partial charge is 0.323 e. The molecule has 0 fully saturated rings. The van der Waals surface area contributed by atoms with Crippen molar-refractivity contribution >= 4 is 35.1 Å². The molecule has 3 aromatic carbocycles. The lowest BCUT2D eigenvalue weighted by atomic mass is 10.2. The maximum Gasteiger partial charge on any atom is 0.323 e. The minimum absolute atomic E-state index is 0.244. The highest BCUT2D eigenvalue weighted by atomic mass is 16.5. The van der Waals surface area contributed by atoms with Gasteiger partial charge in [0.1, 0.15) is 5.75 Å². The summed E-state index contributed by atoms with van der Waals surface area (Å²) < 4.78 is 5.40. The summed E-state index contributed by atoms with van der Waals surface area (Å²) >= 11 is 0. The molecule has 3 N–H and O–H groups in total. The lowest BCUT2D eigenvalue weighted by Gasteiger charge is -2.08. The zero-order valence-corrected chi connectivity index (χ0v) is 16.6. The molecule has 0 radical (unpaired) electrons. The molecule has 3 rings (SSSR count). The van der Waals surface area contributed by atoms with E-state index in [9.17, 15) is 9.59 Å². The molecule has 0 aliphatic heterocycles. The second-order valence-electron chi connectivity index (χ2n) is 6.35. The lowest BCUT2D eigenvalue weighted by molar-refractivity contribution is -0.111. The Hall–Kier alpha value is -4.06. The summed E-state index contributed by atoms with van der Waals surface area (Å²) in [6, 6.07) is 23.2. The molecule has 6 nitrogen and oxygen atoms in total. The van der Waals surface area contributed by atoms with E-state index in [1.807, 2.05) is 49.4 Å². The van der Waals surface area contributed by atoms with Gasteiger partial charge in [0.15, 0.2) is 0 Å². The van der Waals surface area contributed by atoms with Gasteiger partial charge < -0.3 is 20.7 Å². The van der Waals surface area contributed by atoms with Crippen molar-refractivity contribution in [3.05, 3.63) is 90.5 Å². The highest BCUT2D eigenvalue weighted by Gasteiger charge is 2.03. The fourth-order valence-electron chi connectivity index (χ4n) is 2.65. The number of rotatable bonds is 7. The molecule has 30 heavy (non-hydrogen) atoms. The number of amides is 3. The molecular formula is C24H23N3O3. The number of anilines is 3. The summed E-state index contributed by atoms with van der Waals surface area (Å²) in [6.45, 7) is 2.55. The summed E-state index contributed by atoms with van der Waals surface area (Å²) in [4.78, 5) is 24.1. The van der Waals surface area contributed by atoms with Crippen molar-refractivity contribution in [2.75, 3.05) is 22.6 Å². The first kappa shape index (κ1) is 20.7. The fraction of sp³-hybridized carbons (Fsp3) is 0.0833. The molecule has 0 aliphatic carbocycles. The van der Waals surface area contributed by atoms with Gasteiger partial charge in [-0.3, -0.25) is 4.79 Å². The number of carbonyl (C=O) groups is 2. The first-order chi connectivity index (χ1) is 14.6. The number of ether oxygens (including phenoxy) is 1. The van der Waals surface area contributed by atoms with Crippen LogP contribution in [0.1, 0.15) is 12.5 Å². The molecule has 0 aromatic heterocycles. The highest BCUT2D eigenvalue weighted by molar-refractivity contribution is 6.02. The topological polar surface area (TPSA) is 79.5 Å². The van der Waals surface area contributed by atoms with Crippen molar-refractivity contribution in [1.29, 1.82) is 0 Å². The second-order valence-corrected chi connectivity index (χ2v) is 6.35. The third kappa shape index (κ3) is 6.53. The summed E-state index contributed by atoms with van der Waals surface area (Å²) in [5.74, 6) is 0.552.